The fourth-order valence-corrected chi connectivity index (χ4v) is 6.22. The van der Waals surface area contributed by atoms with Crippen LogP contribution in [0.3, 0.4) is 0 Å². The molecule has 2 atom stereocenters. The highest BCUT2D eigenvalue weighted by Gasteiger charge is 2.39. The number of nitrogens with zero attached hydrogens (tertiary/aromatic N) is 7. The number of morpholine rings is 2. The molecule has 3 fully saturated rings. The van der Waals surface area contributed by atoms with E-state index in [1.807, 2.05) is 26.8 Å². The topological polar surface area (TPSA) is 135 Å². The van der Waals surface area contributed by atoms with Crippen LogP contribution in [-0.4, -0.2) is 110 Å². The number of fused-ring (bicyclic) bond motifs is 3. The summed E-state index contributed by atoms with van der Waals surface area (Å²) in [6.07, 6.45) is 6.61. The Hall–Kier alpha value is -4.26. The molecule has 3 aromatic heterocycles. The minimum Gasteiger partial charge on any atom is -0.444 e. The lowest BCUT2D eigenvalue weighted by molar-refractivity contribution is -0.127. The normalized spacial score (nSPS) is 20.6. The van der Waals surface area contributed by atoms with Gasteiger partial charge in [0.25, 0.3) is 11.8 Å². The van der Waals surface area contributed by atoms with Crippen molar-refractivity contribution in [3.8, 4) is 0 Å². The van der Waals surface area contributed by atoms with Gasteiger partial charge in [-0.2, -0.15) is 4.98 Å². The summed E-state index contributed by atoms with van der Waals surface area (Å²) in [5.41, 5.74) is 1.22. The third-order valence-electron chi connectivity index (χ3n) is 8.16. The standard InChI is InChI=1S/C31H40N8O5/c1-31(2,3)44-30(42)38-17-22-15-37(16-23(18-38)43-22)27(40)19-10-11-25(32-13-19)34-29-33-14-20-12-24(28(41)36(4)5)39(26(20)35-29)21-8-6-7-9-21/h10-14,21-23H,6-9,15-18H2,1-5H3,(H,32,33,34,35). The maximum atomic E-state index is 13.4. The smallest absolute Gasteiger partial charge is 0.410 e. The molecule has 2 unspecified atom stereocenters. The predicted molar refractivity (Wildman–Crippen MR) is 163 cm³/mol. The Morgan fingerprint density at radius 3 is 2.27 bits per heavy atom. The van der Waals surface area contributed by atoms with Gasteiger partial charge in [0.2, 0.25) is 5.95 Å². The number of ether oxygens (including phenoxy) is 2. The number of carbonyl (C=O) groups is 3. The van der Waals surface area contributed by atoms with Crippen molar-refractivity contribution >= 4 is 40.7 Å². The molecule has 1 N–H and O–H groups in total. The van der Waals surface area contributed by atoms with E-state index in [4.69, 9.17) is 14.5 Å². The molecule has 2 aliphatic heterocycles. The maximum absolute atomic E-state index is 13.4. The van der Waals surface area contributed by atoms with E-state index in [0.29, 0.717) is 49.2 Å². The number of amides is 3. The molecule has 234 valence electrons. The summed E-state index contributed by atoms with van der Waals surface area (Å²) in [5, 5.41) is 3.96. The van der Waals surface area contributed by atoms with E-state index < -0.39 is 5.60 Å². The maximum Gasteiger partial charge on any atom is 0.410 e. The highest BCUT2D eigenvalue weighted by atomic mass is 16.6. The highest BCUT2D eigenvalue weighted by molar-refractivity contribution is 5.98. The number of pyridine rings is 1. The van der Waals surface area contributed by atoms with E-state index in [2.05, 4.69) is 19.9 Å². The molecule has 0 aromatic carbocycles. The van der Waals surface area contributed by atoms with Crippen LogP contribution in [-0.2, 0) is 9.47 Å². The lowest BCUT2D eigenvalue weighted by atomic mass is 10.1. The Labute approximate surface area is 256 Å². The predicted octanol–water partition coefficient (Wildman–Crippen LogP) is 3.85. The zero-order valence-corrected chi connectivity index (χ0v) is 25.9. The summed E-state index contributed by atoms with van der Waals surface area (Å²) in [7, 11) is 3.51. The van der Waals surface area contributed by atoms with Crippen molar-refractivity contribution in [3.05, 3.63) is 41.9 Å². The van der Waals surface area contributed by atoms with E-state index in [9.17, 15) is 14.4 Å². The van der Waals surface area contributed by atoms with E-state index in [1.165, 1.54) is 6.20 Å². The molecule has 13 heteroatoms. The summed E-state index contributed by atoms with van der Waals surface area (Å²) in [5.74, 6) is 0.658. The van der Waals surface area contributed by atoms with Gasteiger partial charge in [-0.3, -0.25) is 9.59 Å². The summed E-state index contributed by atoms with van der Waals surface area (Å²) in [6, 6.07) is 5.54. The molecule has 2 bridgehead atoms. The first-order chi connectivity index (χ1) is 20.9. The first-order valence-electron chi connectivity index (χ1n) is 15.2. The molecule has 6 rings (SSSR count). The van der Waals surface area contributed by atoms with Crippen LogP contribution in [0.4, 0.5) is 16.6 Å². The number of nitrogens with one attached hydrogen (secondary N) is 1. The number of rotatable bonds is 5. The van der Waals surface area contributed by atoms with Gasteiger partial charge in [0.1, 0.15) is 22.8 Å². The summed E-state index contributed by atoms with van der Waals surface area (Å²) in [4.78, 5) is 57.6. The molecule has 2 saturated heterocycles. The van der Waals surface area contributed by atoms with Gasteiger partial charge in [0.05, 0.1) is 30.9 Å². The second-order valence-electron chi connectivity index (χ2n) is 13.0. The van der Waals surface area contributed by atoms with Crippen LogP contribution >= 0.6 is 0 Å². The van der Waals surface area contributed by atoms with Crippen molar-refractivity contribution < 1.29 is 23.9 Å². The fraction of sp³-hybridized carbons (Fsp3) is 0.548. The Bertz CT molecular complexity index is 1540. The van der Waals surface area contributed by atoms with Crippen molar-refractivity contribution in [2.75, 3.05) is 45.6 Å². The first-order valence-corrected chi connectivity index (χ1v) is 15.2. The molecule has 0 radical (unpaired) electrons. The van der Waals surface area contributed by atoms with Crippen molar-refractivity contribution in [2.45, 2.75) is 70.3 Å². The van der Waals surface area contributed by atoms with Gasteiger partial charge in [-0.05, 0) is 51.8 Å². The minimum absolute atomic E-state index is 0.0596. The second kappa shape index (κ2) is 11.7. The van der Waals surface area contributed by atoms with Crippen LogP contribution in [0.5, 0.6) is 0 Å². The zero-order chi connectivity index (χ0) is 31.2. The van der Waals surface area contributed by atoms with E-state index in [1.54, 1.807) is 47.1 Å². The molecule has 3 amide bonds. The van der Waals surface area contributed by atoms with E-state index >= 15 is 0 Å². The van der Waals surface area contributed by atoms with Gasteiger partial charge in [-0.25, -0.2) is 14.8 Å². The van der Waals surface area contributed by atoms with Crippen LogP contribution in [0, 0.1) is 0 Å². The Kier molecular flexibility index (Phi) is 7.91. The third kappa shape index (κ3) is 6.19. The molecule has 1 aliphatic carbocycles. The van der Waals surface area contributed by atoms with Gasteiger partial charge >= 0.3 is 6.09 Å². The van der Waals surface area contributed by atoms with Gasteiger partial charge in [0.15, 0.2) is 0 Å². The van der Waals surface area contributed by atoms with Gasteiger partial charge in [0, 0.05) is 51.0 Å². The average Bonchev–Trinajstić information content (AvgIpc) is 3.63. The number of anilines is 2. The molecule has 1 saturated carbocycles. The fourth-order valence-electron chi connectivity index (χ4n) is 6.22. The molecule has 13 nitrogen and oxygen atoms in total. The molecule has 3 aliphatic rings. The van der Waals surface area contributed by atoms with Crippen LogP contribution in [0.2, 0.25) is 0 Å². The van der Waals surface area contributed by atoms with E-state index in [-0.39, 0.29) is 36.2 Å². The van der Waals surface area contributed by atoms with Crippen LogP contribution in [0.1, 0.15) is 73.3 Å². The molecule has 0 spiro atoms. The van der Waals surface area contributed by atoms with Crippen LogP contribution in [0.25, 0.3) is 11.0 Å². The Morgan fingerprint density at radius 2 is 1.66 bits per heavy atom. The zero-order valence-electron chi connectivity index (χ0n) is 25.9. The van der Waals surface area contributed by atoms with Gasteiger partial charge < -0.3 is 34.1 Å². The van der Waals surface area contributed by atoms with Crippen molar-refractivity contribution in [3.63, 3.8) is 0 Å². The third-order valence-corrected chi connectivity index (χ3v) is 8.16. The SMILES string of the molecule is CN(C)C(=O)c1cc2cnc(Nc3ccc(C(=O)N4CC5CN(C(=O)OC(C)(C)C)CC(C4)O5)cn3)nc2n1C1CCCC1. The summed E-state index contributed by atoms with van der Waals surface area (Å²) >= 11 is 0. The largest absolute Gasteiger partial charge is 0.444 e. The average molecular weight is 605 g/mol. The molecular weight excluding hydrogens is 564 g/mol. The molecular formula is C31H40N8O5. The minimum atomic E-state index is -0.573. The number of hydrogen-bond donors (Lipinski definition) is 1. The van der Waals surface area contributed by atoms with Gasteiger partial charge in [-0.15, -0.1) is 0 Å². The Balaban J connectivity index is 1.13. The van der Waals surface area contributed by atoms with Crippen molar-refractivity contribution in [1.82, 2.24) is 34.2 Å². The second-order valence-corrected chi connectivity index (χ2v) is 13.0. The van der Waals surface area contributed by atoms with Crippen molar-refractivity contribution in [1.29, 1.82) is 0 Å². The highest BCUT2D eigenvalue weighted by Crippen LogP contribution is 2.35. The summed E-state index contributed by atoms with van der Waals surface area (Å²) < 4.78 is 13.6. The lowest BCUT2D eigenvalue weighted by Crippen LogP contribution is -2.61. The lowest BCUT2D eigenvalue weighted by Gasteiger charge is -2.45. The Morgan fingerprint density at radius 1 is 0.977 bits per heavy atom. The molecule has 3 aromatic rings. The summed E-state index contributed by atoms with van der Waals surface area (Å²) in [6.45, 7) is 7.02. The monoisotopic (exact) mass is 604 g/mol. The quantitative estimate of drug-likeness (QED) is 0.461. The number of aromatic nitrogens is 4. The van der Waals surface area contributed by atoms with E-state index in [0.717, 1.165) is 36.7 Å². The van der Waals surface area contributed by atoms with Crippen LogP contribution < -0.4 is 5.32 Å². The van der Waals surface area contributed by atoms with Crippen LogP contribution in [0.15, 0.2) is 30.6 Å². The molecule has 5 heterocycles. The number of hydrogen-bond acceptors (Lipinski definition) is 9. The molecule has 44 heavy (non-hydrogen) atoms. The van der Waals surface area contributed by atoms with Gasteiger partial charge in [-0.1, -0.05) is 12.8 Å². The first kappa shape index (κ1) is 29.8. The number of carbonyl (C=O) groups excluding carboxylic acids is 3. The van der Waals surface area contributed by atoms with Crippen molar-refractivity contribution in [2.24, 2.45) is 0 Å².